The molecule has 1 aromatic heterocycles. The van der Waals surface area contributed by atoms with Crippen molar-refractivity contribution in [3.05, 3.63) is 82.0 Å². The van der Waals surface area contributed by atoms with Crippen LogP contribution < -0.4 is 10.1 Å². The molecule has 5 nitrogen and oxygen atoms in total. The van der Waals surface area contributed by atoms with Gasteiger partial charge in [-0.25, -0.2) is 0 Å². The molecule has 1 N–H and O–H groups in total. The molecule has 0 saturated carbocycles. The Morgan fingerprint density at radius 1 is 1.16 bits per heavy atom. The van der Waals surface area contributed by atoms with Gasteiger partial charge in [0.2, 0.25) is 0 Å². The first-order valence-electron chi connectivity index (χ1n) is 10.6. The average molecular weight is 435 g/mol. The zero-order valence-corrected chi connectivity index (χ0v) is 18.5. The first-order valence-corrected chi connectivity index (χ1v) is 11.5. The second kappa shape index (κ2) is 9.35. The molecule has 31 heavy (non-hydrogen) atoms. The fraction of sp³-hybridized carbons (Fsp3) is 0.280. The minimum absolute atomic E-state index is 0.00132. The van der Waals surface area contributed by atoms with Gasteiger partial charge in [0.05, 0.1) is 17.5 Å². The third kappa shape index (κ3) is 4.49. The number of thiophene rings is 1. The van der Waals surface area contributed by atoms with Gasteiger partial charge in [0.25, 0.3) is 11.8 Å². The van der Waals surface area contributed by atoms with Crippen molar-refractivity contribution in [3.63, 3.8) is 0 Å². The van der Waals surface area contributed by atoms with Crippen molar-refractivity contribution in [1.82, 2.24) is 4.90 Å². The maximum Gasteiger partial charge on any atom is 0.265 e. The van der Waals surface area contributed by atoms with Crippen LogP contribution in [0.15, 0.2) is 66.0 Å². The molecule has 0 bridgehead atoms. The van der Waals surface area contributed by atoms with Crippen LogP contribution in [0.5, 0.6) is 5.75 Å². The smallest absolute Gasteiger partial charge is 0.265 e. The minimum atomic E-state index is -0.523. The zero-order chi connectivity index (χ0) is 21.8. The highest BCUT2D eigenvalue weighted by molar-refractivity contribution is 7.12. The van der Waals surface area contributed by atoms with E-state index < -0.39 is 6.10 Å². The van der Waals surface area contributed by atoms with Crippen LogP contribution in [0.1, 0.15) is 53.5 Å². The van der Waals surface area contributed by atoms with Crippen LogP contribution in [0.2, 0.25) is 0 Å². The van der Waals surface area contributed by atoms with Crippen molar-refractivity contribution in [3.8, 4) is 5.75 Å². The number of hydrogen-bond donors (Lipinski definition) is 1. The Bertz CT molecular complexity index is 1050. The highest BCUT2D eigenvalue weighted by atomic mass is 32.1. The molecule has 0 radical (unpaired) electrons. The van der Waals surface area contributed by atoms with Gasteiger partial charge < -0.3 is 15.0 Å². The first kappa shape index (κ1) is 21.1. The molecule has 2 amide bonds. The maximum absolute atomic E-state index is 13.4. The van der Waals surface area contributed by atoms with Gasteiger partial charge >= 0.3 is 0 Å². The van der Waals surface area contributed by atoms with Gasteiger partial charge in [-0.1, -0.05) is 50.2 Å². The van der Waals surface area contributed by atoms with E-state index in [-0.39, 0.29) is 17.9 Å². The Kier molecular flexibility index (Phi) is 6.37. The number of ether oxygens (including phenoxy) is 1. The highest BCUT2D eigenvalue weighted by Gasteiger charge is 2.34. The molecule has 0 saturated heterocycles. The fourth-order valence-electron chi connectivity index (χ4n) is 3.98. The molecule has 2 atom stereocenters. The Labute approximate surface area is 186 Å². The normalized spacial score (nSPS) is 16.8. The molecule has 1 aliphatic rings. The van der Waals surface area contributed by atoms with E-state index in [1.54, 1.807) is 6.07 Å². The summed E-state index contributed by atoms with van der Waals surface area (Å²) in [5.41, 5.74) is 2.69. The zero-order valence-electron chi connectivity index (χ0n) is 17.7. The van der Waals surface area contributed by atoms with E-state index in [1.807, 2.05) is 59.7 Å². The van der Waals surface area contributed by atoms with Gasteiger partial charge in [0, 0.05) is 11.3 Å². The summed E-state index contributed by atoms with van der Waals surface area (Å²) in [6, 6.07) is 19.3. The number of amides is 2. The lowest BCUT2D eigenvalue weighted by Gasteiger charge is -2.32. The van der Waals surface area contributed by atoms with E-state index in [0.29, 0.717) is 29.3 Å². The minimum Gasteiger partial charge on any atom is -0.480 e. The van der Waals surface area contributed by atoms with Crippen molar-refractivity contribution in [1.29, 1.82) is 0 Å². The number of nitrogens with one attached hydrogen (secondary N) is 1. The summed E-state index contributed by atoms with van der Waals surface area (Å²) < 4.78 is 6.11. The third-order valence-electron chi connectivity index (χ3n) is 5.55. The maximum atomic E-state index is 13.4. The second-order valence-corrected chi connectivity index (χ2v) is 8.52. The van der Waals surface area contributed by atoms with Crippen molar-refractivity contribution in [2.45, 2.75) is 45.4 Å². The SMILES string of the molecule is CC[C@H]1Oc2ccc(NC(=O)c3cccs3)cc2CN([C@@H](CC)c2ccccc2)C1=O. The fourth-order valence-corrected chi connectivity index (χ4v) is 4.60. The Hall–Kier alpha value is -3.12. The van der Waals surface area contributed by atoms with Crippen LogP contribution in [-0.2, 0) is 11.3 Å². The molecule has 6 heteroatoms. The topological polar surface area (TPSA) is 58.6 Å². The predicted octanol–water partition coefficient (Wildman–Crippen LogP) is 5.65. The monoisotopic (exact) mass is 434 g/mol. The van der Waals surface area contributed by atoms with Crippen molar-refractivity contribution in [2.75, 3.05) is 5.32 Å². The summed E-state index contributed by atoms with van der Waals surface area (Å²) >= 11 is 1.40. The van der Waals surface area contributed by atoms with Crippen molar-refractivity contribution >= 4 is 28.8 Å². The number of benzene rings is 2. The van der Waals surface area contributed by atoms with Crippen LogP contribution in [-0.4, -0.2) is 22.8 Å². The first-order chi connectivity index (χ1) is 15.1. The van der Waals surface area contributed by atoms with Crippen molar-refractivity contribution in [2.24, 2.45) is 0 Å². The van der Waals surface area contributed by atoms with Crippen LogP contribution in [0.3, 0.4) is 0 Å². The summed E-state index contributed by atoms with van der Waals surface area (Å²) in [5.74, 6) is 0.554. The quantitative estimate of drug-likeness (QED) is 0.545. The molecule has 160 valence electrons. The van der Waals surface area contributed by atoms with Crippen LogP contribution in [0, 0.1) is 0 Å². The van der Waals surface area contributed by atoms with E-state index in [1.165, 1.54) is 11.3 Å². The summed E-state index contributed by atoms with van der Waals surface area (Å²) in [7, 11) is 0. The van der Waals surface area contributed by atoms with E-state index in [9.17, 15) is 9.59 Å². The summed E-state index contributed by atoms with van der Waals surface area (Å²) in [4.78, 5) is 28.4. The molecule has 0 unspecified atom stereocenters. The summed E-state index contributed by atoms with van der Waals surface area (Å²) in [6.07, 6.45) is 0.873. The number of anilines is 1. The van der Waals surface area contributed by atoms with Gasteiger partial charge in [0.1, 0.15) is 5.75 Å². The molecule has 0 spiro atoms. The molecule has 3 aromatic rings. The molecule has 2 heterocycles. The number of carbonyl (C=O) groups is 2. The van der Waals surface area contributed by atoms with Crippen molar-refractivity contribution < 1.29 is 14.3 Å². The van der Waals surface area contributed by atoms with E-state index in [0.717, 1.165) is 17.5 Å². The average Bonchev–Trinajstić information content (AvgIpc) is 3.29. The molecular formula is C25H26N2O3S. The molecule has 2 aromatic carbocycles. The predicted molar refractivity (Wildman–Crippen MR) is 123 cm³/mol. The lowest BCUT2D eigenvalue weighted by Crippen LogP contribution is -2.41. The molecule has 4 rings (SSSR count). The number of carbonyl (C=O) groups excluding carboxylic acids is 2. The Balaban J connectivity index is 1.66. The molecular weight excluding hydrogens is 408 g/mol. The van der Waals surface area contributed by atoms with Gasteiger partial charge in [-0.05, 0) is 48.1 Å². The van der Waals surface area contributed by atoms with Crippen LogP contribution in [0.4, 0.5) is 5.69 Å². The highest BCUT2D eigenvalue weighted by Crippen LogP contribution is 2.35. The Morgan fingerprint density at radius 3 is 2.65 bits per heavy atom. The van der Waals surface area contributed by atoms with Gasteiger partial charge in [-0.3, -0.25) is 9.59 Å². The van der Waals surface area contributed by atoms with E-state index in [4.69, 9.17) is 4.74 Å². The lowest BCUT2D eigenvalue weighted by molar-refractivity contribution is -0.141. The number of hydrogen-bond acceptors (Lipinski definition) is 4. The second-order valence-electron chi connectivity index (χ2n) is 7.57. The van der Waals surface area contributed by atoms with Crippen LogP contribution >= 0.6 is 11.3 Å². The number of fused-ring (bicyclic) bond motifs is 1. The molecule has 0 fully saturated rings. The number of rotatable bonds is 6. The van der Waals surface area contributed by atoms with E-state index in [2.05, 4.69) is 24.4 Å². The molecule has 0 aliphatic carbocycles. The molecule has 1 aliphatic heterocycles. The summed E-state index contributed by atoms with van der Waals surface area (Å²) in [6.45, 7) is 4.49. The largest absolute Gasteiger partial charge is 0.480 e. The Morgan fingerprint density at radius 2 is 1.97 bits per heavy atom. The van der Waals surface area contributed by atoms with Gasteiger partial charge in [-0.15, -0.1) is 11.3 Å². The summed E-state index contributed by atoms with van der Waals surface area (Å²) in [5, 5.41) is 4.83. The van der Waals surface area contributed by atoms with E-state index >= 15 is 0 Å². The van der Waals surface area contributed by atoms with Gasteiger partial charge in [0.15, 0.2) is 6.10 Å². The van der Waals surface area contributed by atoms with Crippen LogP contribution in [0.25, 0.3) is 0 Å². The lowest BCUT2D eigenvalue weighted by atomic mass is 10.0. The number of nitrogens with zero attached hydrogens (tertiary/aromatic N) is 1. The van der Waals surface area contributed by atoms with Gasteiger partial charge in [-0.2, -0.15) is 0 Å². The third-order valence-corrected chi connectivity index (χ3v) is 6.42. The standard InChI is InChI=1S/C25H26N2O3S/c1-3-20(17-9-6-5-7-10-17)27-16-18-15-19(26-24(28)23-11-8-14-31-23)12-13-22(18)30-21(4-2)25(27)29/h5-15,20-21H,3-4,16H2,1-2H3,(H,26,28)/t20-,21+/m0/s1.